The van der Waals surface area contributed by atoms with Gasteiger partial charge < -0.3 is 14.7 Å². The third-order valence-corrected chi connectivity index (χ3v) is 2.55. The summed E-state index contributed by atoms with van der Waals surface area (Å²) in [5.74, 6) is 1.36. The second kappa shape index (κ2) is 3.93. The minimum Gasteiger partial charge on any atom is -0.364 e. The van der Waals surface area contributed by atoms with E-state index in [-0.39, 0.29) is 0 Å². The van der Waals surface area contributed by atoms with Gasteiger partial charge in [-0.3, -0.25) is 5.10 Å². The fourth-order valence-corrected chi connectivity index (χ4v) is 1.71. The summed E-state index contributed by atoms with van der Waals surface area (Å²) in [4.78, 5) is 6.52. The molecule has 0 bridgehead atoms. The van der Waals surface area contributed by atoms with Gasteiger partial charge in [0.2, 0.25) is 5.95 Å². The summed E-state index contributed by atoms with van der Waals surface area (Å²) in [7, 11) is 0. The maximum Gasteiger partial charge on any atom is 0.245 e. The van der Waals surface area contributed by atoms with E-state index in [0.717, 1.165) is 32.1 Å². The highest BCUT2D eigenvalue weighted by Gasteiger charge is 2.16. The first-order valence-corrected chi connectivity index (χ1v) is 5.22. The first-order chi connectivity index (χ1) is 7.93. The molecule has 16 heavy (non-hydrogen) atoms. The van der Waals surface area contributed by atoms with Gasteiger partial charge in [-0.2, -0.15) is 4.98 Å². The van der Waals surface area contributed by atoms with Crippen molar-refractivity contribution in [2.24, 2.45) is 0 Å². The summed E-state index contributed by atoms with van der Waals surface area (Å²) >= 11 is 0. The van der Waals surface area contributed by atoms with Gasteiger partial charge in [-0.05, 0) is 0 Å². The Hall–Kier alpha value is -1.89. The molecular formula is C9H12N6O. The van der Waals surface area contributed by atoms with E-state index in [0.29, 0.717) is 11.5 Å². The van der Waals surface area contributed by atoms with Gasteiger partial charge in [-0.1, -0.05) is 5.16 Å². The van der Waals surface area contributed by atoms with Crippen LogP contribution in [0.4, 0.5) is 5.95 Å². The predicted molar refractivity (Wildman–Crippen MR) is 57.0 cm³/mol. The summed E-state index contributed by atoms with van der Waals surface area (Å²) in [6, 6.07) is 1.75. The first-order valence-electron chi connectivity index (χ1n) is 5.22. The zero-order valence-corrected chi connectivity index (χ0v) is 8.68. The Labute approximate surface area is 91.8 Å². The summed E-state index contributed by atoms with van der Waals surface area (Å²) in [6.07, 6.45) is 1.52. The van der Waals surface area contributed by atoms with Crippen LogP contribution in [-0.4, -0.2) is 46.5 Å². The third-order valence-electron chi connectivity index (χ3n) is 2.55. The molecular weight excluding hydrogens is 208 g/mol. The SMILES string of the molecule is c1cc(-c2nc(N3CCNCC3)n[nH]2)no1. The highest BCUT2D eigenvalue weighted by atomic mass is 16.5. The molecule has 1 aliphatic heterocycles. The van der Waals surface area contributed by atoms with Crippen LogP contribution in [0.25, 0.3) is 11.5 Å². The van der Waals surface area contributed by atoms with E-state index in [1.165, 1.54) is 6.26 Å². The molecule has 7 heteroatoms. The quantitative estimate of drug-likeness (QED) is 0.733. The number of nitrogens with zero attached hydrogens (tertiary/aromatic N) is 4. The number of anilines is 1. The van der Waals surface area contributed by atoms with Crippen LogP contribution in [0, 0.1) is 0 Å². The van der Waals surface area contributed by atoms with Crippen LogP contribution in [0.1, 0.15) is 0 Å². The van der Waals surface area contributed by atoms with Gasteiger partial charge >= 0.3 is 0 Å². The van der Waals surface area contributed by atoms with E-state index in [2.05, 4.69) is 30.6 Å². The van der Waals surface area contributed by atoms with Crippen molar-refractivity contribution in [1.82, 2.24) is 25.7 Å². The number of aromatic amines is 1. The normalized spacial score (nSPS) is 16.6. The van der Waals surface area contributed by atoms with E-state index in [4.69, 9.17) is 4.52 Å². The van der Waals surface area contributed by atoms with Crippen LogP contribution in [-0.2, 0) is 0 Å². The van der Waals surface area contributed by atoms with Crippen LogP contribution in [0.3, 0.4) is 0 Å². The van der Waals surface area contributed by atoms with Crippen molar-refractivity contribution in [3.05, 3.63) is 12.3 Å². The van der Waals surface area contributed by atoms with Crippen LogP contribution in [0.2, 0.25) is 0 Å². The molecule has 1 aliphatic rings. The number of H-pyrrole nitrogens is 1. The molecule has 3 heterocycles. The number of piperazine rings is 1. The smallest absolute Gasteiger partial charge is 0.245 e. The van der Waals surface area contributed by atoms with Gasteiger partial charge in [0.05, 0.1) is 0 Å². The molecule has 2 aromatic heterocycles. The molecule has 0 aromatic carbocycles. The molecule has 1 saturated heterocycles. The zero-order valence-electron chi connectivity index (χ0n) is 8.68. The second-order valence-corrected chi connectivity index (χ2v) is 3.61. The molecule has 0 amide bonds. The molecule has 0 aliphatic carbocycles. The number of nitrogens with one attached hydrogen (secondary N) is 2. The van der Waals surface area contributed by atoms with E-state index in [9.17, 15) is 0 Å². The Morgan fingerprint density at radius 1 is 1.31 bits per heavy atom. The standard InChI is InChI=1S/C9H12N6O/c1-6-16-14-7(1)8-11-9(13-12-8)15-4-2-10-3-5-15/h1,6,10H,2-5H2,(H,11,12,13). The van der Waals surface area contributed by atoms with Crippen molar-refractivity contribution in [3.63, 3.8) is 0 Å². The van der Waals surface area contributed by atoms with Crippen molar-refractivity contribution >= 4 is 5.95 Å². The summed E-state index contributed by atoms with van der Waals surface area (Å²) in [5, 5.41) is 14.1. The van der Waals surface area contributed by atoms with Gasteiger partial charge in [-0.25, -0.2) is 0 Å². The average molecular weight is 220 g/mol. The lowest BCUT2D eigenvalue weighted by Crippen LogP contribution is -2.44. The largest absolute Gasteiger partial charge is 0.364 e. The van der Waals surface area contributed by atoms with E-state index < -0.39 is 0 Å². The van der Waals surface area contributed by atoms with Crippen molar-refractivity contribution in [2.45, 2.75) is 0 Å². The van der Waals surface area contributed by atoms with Crippen molar-refractivity contribution < 1.29 is 4.52 Å². The van der Waals surface area contributed by atoms with Gasteiger partial charge in [0, 0.05) is 32.2 Å². The molecule has 2 N–H and O–H groups in total. The van der Waals surface area contributed by atoms with E-state index in [1.807, 2.05) is 0 Å². The van der Waals surface area contributed by atoms with Gasteiger partial charge in [0.25, 0.3) is 0 Å². The summed E-state index contributed by atoms with van der Waals surface area (Å²) in [6.45, 7) is 3.79. The summed E-state index contributed by atoms with van der Waals surface area (Å²) < 4.78 is 4.76. The zero-order chi connectivity index (χ0) is 10.8. The van der Waals surface area contributed by atoms with Crippen LogP contribution in [0.15, 0.2) is 16.9 Å². The predicted octanol–water partition coefficient (Wildman–Crippen LogP) is -0.131. The van der Waals surface area contributed by atoms with Crippen molar-refractivity contribution in [2.75, 3.05) is 31.1 Å². The van der Waals surface area contributed by atoms with Crippen LogP contribution in [0.5, 0.6) is 0 Å². The lowest BCUT2D eigenvalue weighted by molar-refractivity contribution is 0.422. The Balaban J connectivity index is 1.82. The average Bonchev–Trinajstić information content (AvgIpc) is 3.01. The van der Waals surface area contributed by atoms with Gasteiger partial charge in [0.1, 0.15) is 6.26 Å². The highest BCUT2D eigenvalue weighted by molar-refractivity contribution is 5.49. The maximum absolute atomic E-state index is 4.76. The molecule has 0 saturated carbocycles. The maximum atomic E-state index is 4.76. The molecule has 2 aromatic rings. The topological polar surface area (TPSA) is 82.9 Å². The lowest BCUT2D eigenvalue weighted by Gasteiger charge is -2.25. The fraction of sp³-hybridized carbons (Fsp3) is 0.444. The molecule has 7 nitrogen and oxygen atoms in total. The minimum atomic E-state index is 0.641. The van der Waals surface area contributed by atoms with Gasteiger partial charge in [-0.15, -0.1) is 5.10 Å². The van der Waals surface area contributed by atoms with Crippen molar-refractivity contribution in [3.8, 4) is 11.5 Å². The Morgan fingerprint density at radius 3 is 2.94 bits per heavy atom. The molecule has 3 rings (SSSR count). The number of hydrogen-bond acceptors (Lipinski definition) is 6. The Morgan fingerprint density at radius 2 is 2.19 bits per heavy atom. The Bertz CT molecular complexity index is 444. The molecule has 84 valence electrons. The van der Waals surface area contributed by atoms with Crippen LogP contribution < -0.4 is 10.2 Å². The molecule has 1 fully saturated rings. The molecule has 0 spiro atoms. The minimum absolute atomic E-state index is 0.641. The number of rotatable bonds is 2. The first kappa shape index (κ1) is 9.34. The monoisotopic (exact) mass is 220 g/mol. The number of aromatic nitrogens is 4. The van der Waals surface area contributed by atoms with Crippen molar-refractivity contribution in [1.29, 1.82) is 0 Å². The highest BCUT2D eigenvalue weighted by Crippen LogP contribution is 2.15. The van der Waals surface area contributed by atoms with E-state index in [1.54, 1.807) is 6.07 Å². The number of hydrogen-bond donors (Lipinski definition) is 2. The second-order valence-electron chi connectivity index (χ2n) is 3.61. The molecule has 0 atom stereocenters. The molecule has 0 radical (unpaired) electrons. The fourth-order valence-electron chi connectivity index (χ4n) is 1.71. The Kier molecular flexibility index (Phi) is 2.30. The molecule has 0 unspecified atom stereocenters. The van der Waals surface area contributed by atoms with Gasteiger partial charge in [0.15, 0.2) is 11.5 Å². The van der Waals surface area contributed by atoms with Crippen LogP contribution >= 0.6 is 0 Å². The third kappa shape index (κ3) is 1.65. The summed E-state index contributed by atoms with van der Waals surface area (Å²) in [5.41, 5.74) is 0.675. The van der Waals surface area contributed by atoms with E-state index >= 15 is 0 Å². The lowest BCUT2D eigenvalue weighted by atomic mass is 10.4.